The van der Waals surface area contributed by atoms with Crippen LogP contribution in [0.1, 0.15) is 24.6 Å². The largest absolute Gasteiger partial charge is 0.340 e. The molecule has 9 nitrogen and oxygen atoms in total. The summed E-state index contributed by atoms with van der Waals surface area (Å²) < 4.78 is 5.52. The van der Waals surface area contributed by atoms with Gasteiger partial charge in [0.05, 0.1) is 23.5 Å². The first-order valence-corrected chi connectivity index (χ1v) is 11.0. The van der Waals surface area contributed by atoms with E-state index in [-0.39, 0.29) is 23.9 Å². The van der Waals surface area contributed by atoms with Crippen molar-refractivity contribution in [3.8, 4) is 11.4 Å². The van der Waals surface area contributed by atoms with E-state index in [1.807, 2.05) is 54.3 Å². The molecule has 2 aromatic carbocycles. The predicted molar refractivity (Wildman–Crippen MR) is 122 cm³/mol. The molecule has 4 aromatic rings. The summed E-state index contributed by atoms with van der Waals surface area (Å²) in [5.74, 6) is 1.14. The quantitative estimate of drug-likeness (QED) is 0.504. The molecule has 1 N–H and O–H groups in total. The van der Waals surface area contributed by atoms with E-state index >= 15 is 0 Å². The number of aromatic amines is 1. The molecule has 1 saturated heterocycles. The molecule has 1 amide bonds. The highest BCUT2D eigenvalue weighted by Gasteiger charge is 2.28. The number of fused-ring (bicyclic) bond motifs is 1. The molecule has 3 heterocycles. The van der Waals surface area contributed by atoms with E-state index in [9.17, 15) is 9.59 Å². The van der Waals surface area contributed by atoms with Crippen LogP contribution in [0.2, 0.25) is 0 Å². The summed E-state index contributed by atoms with van der Waals surface area (Å²) >= 11 is 0. The molecule has 1 unspecified atom stereocenters. The van der Waals surface area contributed by atoms with Gasteiger partial charge < -0.3 is 9.42 Å². The second kappa shape index (κ2) is 8.95. The van der Waals surface area contributed by atoms with Gasteiger partial charge in [-0.2, -0.15) is 10.1 Å². The Morgan fingerprint density at radius 3 is 2.48 bits per heavy atom. The summed E-state index contributed by atoms with van der Waals surface area (Å²) in [4.78, 5) is 33.6. The molecule has 0 radical (unpaired) electrons. The molecule has 1 aliphatic heterocycles. The lowest BCUT2D eigenvalue weighted by Crippen LogP contribution is -2.49. The zero-order valence-electron chi connectivity index (χ0n) is 18.3. The van der Waals surface area contributed by atoms with Gasteiger partial charge in [-0.3, -0.25) is 14.5 Å². The predicted octanol–water partition coefficient (Wildman–Crippen LogP) is 2.42. The van der Waals surface area contributed by atoms with Crippen LogP contribution in [0.25, 0.3) is 22.2 Å². The molecule has 5 rings (SSSR count). The normalized spacial score (nSPS) is 15.6. The van der Waals surface area contributed by atoms with Crippen molar-refractivity contribution in [2.45, 2.75) is 19.4 Å². The van der Waals surface area contributed by atoms with Gasteiger partial charge in [0.2, 0.25) is 17.6 Å². The van der Waals surface area contributed by atoms with Crippen molar-refractivity contribution in [2.24, 2.45) is 0 Å². The summed E-state index contributed by atoms with van der Waals surface area (Å²) in [5, 5.41) is 12.0. The third kappa shape index (κ3) is 4.27. The van der Waals surface area contributed by atoms with E-state index in [0.29, 0.717) is 54.4 Å². The van der Waals surface area contributed by atoms with Crippen LogP contribution in [0.3, 0.4) is 0 Å². The van der Waals surface area contributed by atoms with Gasteiger partial charge in [-0.25, -0.2) is 5.10 Å². The van der Waals surface area contributed by atoms with Gasteiger partial charge in [0.15, 0.2) is 0 Å². The van der Waals surface area contributed by atoms with Gasteiger partial charge in [-0.1, -0.05) is 53.7 Å². The topological polar surface area (TPSA) is 108 Å². The molecule has 1 aliphatic rings. The number of benzene rings is 2. The number of aromatic nitrogens is 4. The van der Waals surface area contributed by atoms with Crippen LogP contribution < -0.4 is 5.56 Å². The Labute approximate surface area is 190 Å². The van der Waals surface area contributed by atoms with Gasteiger partial charge in [-0.15, -0.1) is 0 Å². The number of carbonyl (C=O) groups is 1. The highest BCUT2D eigenvalue weighted by Crippen LogP contribution is 2.23. The zero-order chi connectivity index (χ0) is 22.8. The van der Waals surface area contributed by atoms with Crippen molar-refractivity contribution in [1.82, 2.24) is 30.1 Å². The zero-order valence-corrected chi connectivity index (χ0v) is 18.3. The van der Waals surface area contributed by atoms with E-state index in [0.717, 1.165) is 5.56 Å². The smallest absolute Gasteiger partial charge is 0.272 e. The molecule has 1 fully saturated rings. The maximum atomic E-state index is 12.9. The number of nitrogens with zero attached hydrogens (tertiary/aromatic N) is 5. The fourth-order valence-electron chi connectivity index (χ4n) is 4.19. The van der Waals surface area contributed by atoms with Crippen LogP contribution in [-0.2, 0) is 11.2 Å². The second-order valence-corrected chi connectivity index (χ2v) is 8.14. The molecule has 2 aromatic heterocycles. The molecule has 1 atom stereocenters. The fourth-order valence-corrected chi connectivity index (χ4v) is 4.19. The van der Waals surface area contributed by atoms with Gasteiger partial charge in [0, 0.05) is 37.1 Å². The lowest BCUT2D eigenvalue weighted by molar-refractivity contribution is -0.132. The van der Waals surface area contributed by atoms with Gasteiger partial charge in [0.25, 0.3) is 5.56 Å². The van der Waals surface area contributed by atoms with Gasteiger partial charge in [-0.05, 0) is 13.0 Å². The Bertz CT molecular complexity index is 1320. The minimum atomic E-state index is -0.249. The van der Waals surface area contributed by atoms with Crippen molar-refractivity contribution in [2.75, 3.05) is 26.2 Å². The van der Waals surface area contributed by atoms with Crippen LogP contribution in [0.4, 0.5) is 0 Å². The number of hydrogen-bond acceptors (Lipinski definition) is 7. The Hall–Kier alpha value is -3.85. The summed E-state index contributed by atoms with van der Waals surface area (Å²) in [5.41, 5.74) is 1.25. The van der Waals surface area contributed by atoms with Crippen LogP contribution in [0, 0.1) is 0 Å². The minimum Gasteiger partial charge on any atom is -0.340 e. The summed E-state index contributed by atoms with van der Waals surface area (Å²) in [7, 11) is 0. The number of rotatable bonds is 5. The molecule has 0 saturated carbocycles. The molecular weight excluding hydrogens is 420 g/mol. The van der Waals surface area contributed by atoms with Crippen molar-refractivity contribution in [3.63, 3.8) is 0 Å². The molecule has 0 aliphatic carbocycles. The fraction of sp³-hybridized carbons (Fsp3) is 0.292. The summed E-state index contributed by atoms with van der Waals surface area (Å²) in [6.45, 7) is 4.65. The van der Waals surface area contributed by atoms with E-state index in [2.05, 4.69) is 25.2 Å². The highest BCUT2D eigenvalue weighted by molar-refractivity contribution is 5.88. The number of H-pyrrole nitrogens is 1. The standard InChI is InChI=1S/C24H24N6O3/c1-16(24-25-22(28-33-24)17-7-3-2-4-8-17)29-11-13-30(14-12-29)21(31)15-20-18-9-5-6-10-19(18)23(32)27-26-20/h2-10,16H,11-15H2,1H3,(H,27,32). The van der Waals surface area contributed by atoms with Crippen molar-refractivity contribution >= 4 is 16.7 Å². The Kier molecular flexibility index (Phi) is 5.70. The third-order valence-electron chi connectivity index (χ3n) is 6.14. The van der Waals surface area contributed by atoms with Crippen molar-refractivity contribution in [1.29, 1.82) is 0 Å². The monoisotopic (exact) mass is 444 g/mol. The van der Waals surface area contributed by atoms with E-state index in [1.165, 1.54) is 0 Å². The maximum absolute atomic E-state index is 12.9. The number of nitrogens with one attached hydrogen (secondary N) is 1. The minimum absolute atomic E-state index is 0.00356. The Morgan fingerprint density at radius 2 is 1.73 bits per heavy atom. The lowest BCUT2D eigenvalue weighted by Gasteiger charge is -2.36. The molecule has 0 spiro atoms. The molecule has 9 heteroatoms. The van der Waals surface area contributed by atoms with Crippen LogP contribution in [0.15, 0.2) is 63.9 Å². The number of piperazine rings is 1. The van der Waals surface area contributed by atoms with Crippen LogP contribution >= 0.6 is 0 Å². The first-order chi connectivity index (χ1) is 16.1. The van der Waals surface area contributed by atoms with E-state index in [4.69, 9.17) is 4.52 Å². The average molecular weight is 444 g/mol. The maximum Gasteiger partial charge on any atom is 0.272 e. The first-order valence-electron chi connectivity index (χ1n) is 11.0. The number of hydrogen-bond donors (Lipinski definition) is 1. The molecular formula is C24H24N6O3. The third-order valence-corrected chi connectivity index (χ3v) is 6.14. The number of carbonyl (C=O) groups excluding carboxylic acids is 1. The van der Waals surface area contributed by atoms with Gasteiger partial charge in [0.1, 0.15) is 0 Å². The number of amides is 1. The van der Waals surface area contributed by atoms with Crippen molar-refractivity contribution < 1.29 is 9.32 Å². The molecule has 33 heavy (non-hydrogen) atoms. The van der Waals surface area contributed by atoms with Gasteiger partial charge >= 0.3 is 0 Å². The summed E-state index contributed by atoms with van der Waals surface area (Å²) in [6.07, 6.45) is 0.150. The van der Waals surface area contributed by atoms with Crippen LogP contribution in [-0.4, -0.2) is 62.2 Å². The van der Waals surface area contributed by atoms with E-state index in [1.54, 1.807) is 12.1 Å². The molecule has 0 bridgehead atoms. The first kappa shape index (κ1) is 21.0. The second-order valence-electron chi connectivity index (χ2n) is 8.14. The molecule has 168 valence electrons. The SMILES string of the molecule is CC(c1nc(-c2ccccc2)no1)N1CCN(C(=O)Cc2n[nH]c(=O)c3ccccc23)CC1. The highest BCUT2D eigenvalue weighted by atomic mass is 16.5. The lowest BCUT2D eigenvalue weighted by atomic mass is 10.1. The Balaban J connectivity index is 1.22. The summed E-state index contributed by atoms with van der Waals surface area (Å²) in [6, 6.07) is 16.9. The van der Waals surface area contributed by atoms with Crippen molar-refractivity contribution in [3.05, 3.63) is 76.5 Å². The Morgan fingerprint density at radius 1 is 1.03 bits per heavy atom. The van der Waals surface area contributed by atoms with Crippen LogP contribution in [0.5, 0.6) is 0 Å². The average Bonchev–Trinajstić information content (AvgIpc) is 3.36. The van der Waals surface area contributed by atoms with E-state index < -0.39 is 0 Å².